The second-order valence-electron chi connectivity index (χ2n) is 2.98. The SMILES string of the molecule is NCc1ccc(Cl)cc1-c1cccs1. The predicted molar refractivity (Wildman–Crippen MR) is 62.7 cm³/mol. The van der Waals surface area contributed by atoms with Crippen LogP contribution in [0, 0.1) is 0 Å². The average molecular weight is 224 g/mol. The van der Waals surface area contributed by atoms with Crippen molar-refractivity contribution in [3.8, 4) is 10.4 Å². The number of rotatable bonds is 2. The van der Waals surface area contributed by atoms with Crippen LogP contribution in [0.2, 0.25) is 5.02 Å². The number of halogens is 1. The second-order valence-corrected chi connectivity index (χ2v) is 4.37. The van der Waals surface area contributed by atoms with Gasteiger partial charge in [-0.05, 0) is 34.7 Å². The molecule has 0 spiro atoms. The van der Waals surface area contributed by atoms with Crippen LogP contribution in [0.5, 0.6) is 0 Å². The predicted octanol–water partition coefficient (Wildman–Crippen LogP) is 3.53. The molecule has 1 heterocycles. The van der Waals surface area contributed by atoms with Crippen molar-refractivity contribution in [1.82, 2.24) is 0 Å². The molecule has 0 saturated carbocycles. The molecule has 0 fully saturated rings. The fourth-order valence-electron chi connectivity index (χ4n) is 1.39. The fourth-order valence-corrected chi connectivity index (χ4v) is 2.34. The van der Waals surface area contributed by atoms with Crippen LogP contribution < -0.4 is 5.73 Å². The molecule has 72 valence electrons. The van der Waals surface area contributed by atoms with E-state index in [2.05, 4.69) is 11.4 Å². The van der Waals surface area contributed by atoms with E-state index in [0.29, 0.717) is 6.54 Å². The van der Waals surface area contributed by atoms with E-state index in [1.165, 1.54) is 4.88 Å². The molecular formula is C11H10ClNS. The maximum atomic E-state index is 5.95. The summed E-state index contributed by atoms with van der Waals surface area (Å²) in [4.78, 5) is 1.22. The van der Waals surface area contributed by atoms with Crippen molar-refractivity contribution in [1.29, 1.82) is 0 Å². The Balaban J connectivity index is 2.55. The molecule has 14 heavy (non-hydrogen) atoms. The van der Waals surface area contributed by atoms with Crippen LogP contribution in [0.3, 0.4) is 0 Å². The Labute approximate surface area is 92.1 Å². The quantitative estimate of drug-likeness (QED) is 0.828. The minimum atomic E-state index is 0.546. The molecule has 3 heteroatoms. The minimum absolute atomic E-state index is 0.546. The third-order valence-electron chi connectivity index (χ3n) is 2.08. The first-order chi connectivity index (χ1) is 6.81. The average Bonchev–Trinajstić information content (AvgIpc) is 2.70. The zero-order valence-corrected chi connectivity index (χ0v) is 9.11. The third-order valence-corrected chi connectivity index (χ3v) is 3.22. The van der Waals surface area contributed by atoms with Crippen molar-refractivity contribution in [2.24, 2.45) is 5.73 Å². The van der Waals surface area contributed by atoms with Crippen molar-refractivity contribution < 1.29 is 0 Å². The molecule has 0 aliphatic carbocycles. The molecule has 0 radical (unpaired) electrons. The van der Waals surface area contributed by atoms with Gasteiger partial charge in [-0.15, -0.1) is 11.3 Å². The highest BCUT2D eigenvalue weighted by Gasteiger charge is 2.05. The lowest BCUT2D eigenvalue weighted by Crippen LogP contribution is -1.97. The third kappa shape index (κ3) is 1.82. The summed E-state index contributed by atoms with van der Waals surface area (Å²) in [6, 6.07) is 9.94. The van der Waals surface area contributed by atoms with Crippen molar-refractivity contribution in [2.45, 2.75) is 6.54 Å². The minimum Gasteiger partial charge on any atom is -0.326 e. The molecule has 0 unspecified atom stereocenters. The normalized spacial score (nSPS) is 10.4. The van der Waals surface area contributed by atoms with Gasteiger partial charge in [-0.1, -0.05) is 23.7 Å². The number of thiophene rings is 1. The first-order valence-corrected chi connectivity index (χ1v) is 5.59. The van der Waals surface area contributed by atoms with E-state index in [1.807, 2.05) is 24.3 Å². The molecule has 0 atom stereocenters. The highest BCUT2D eigenvalue weighted by atomic mass is 35.5. The fraction of sp³-hybridized carbons (Fsp3) is 0.0909. The van der Waals surface area contributed by atoms with Gasteiger partial charge in [0.15, 0.2) is 0 Å². The van der Waals surface area contributed by atoms with E-state index in [1.54, 1.807) is 11.3 Å². The van der Waals surface area contributed by atoms with E-state index < -0.39 is 0 Å². The summed E-state index contributed by atoms with van der Waals surface area (Å²) in [5, 5.41) is 2.81. The standard InChI is InChI=1S/C11H10ClNS/c12-9-4-3-8(7-13)10(6-9)11-2-1-5-14-11/h1-6H,7,13H2. The van der Waals surface area contributed by atoms with Crippen LogP contribution in [0.25, 0.3) is 10.4 Å². The Morgan fingerprint density at radius 3 is 2.79 bits per heavy atom. The Morgan fingerprint density at radius 2 is 2.14 bits per heavy atom. The first kappa shape index (κ1) is 9.71. The van der Waals surface area contributed by atoms with E-state index >= 15 is 0 Å². The highest BCUT2D eigenvalue weighted by Crippen LogP contribution is 2.30. The van der Waals surface area contributed by atoms with Crippen LogP contribution in [0.15, 0.2) is 35.7 Å². The maximum absolute atomic E-state index is 5.95. The van der Waals surface area contributed by atoms with Gasteiger partial charge in [0.25, 0.3) is 0 Å². The summed E-state index contributed by atoms with van der Waals surface area (Å²) in [5.41, 5.74) is 7.95. The second kappa shape index (κ2) is 4.13. The van der Waals surface area contributed by atoms with E-state index in [9.17, 15) is 0 Å². The van der Waals surface area contributed by atoms with Crippen molar-refractivity contribution in [2.75, 3.05) is 0 Å². The lowest BCUT2D eigenvalue weighted by Gasteiger charge is -2.05. The van der Waals surface area contributed by atoms with Crippen molar-refractivity contribution in [3.63, 3.8) is 0 Å². The van der Waals surface area contributed by atoms with Crippen molar-refractivity contribution in [3.05, 3.63) is 46.3 Å². The van der Waals surface area contributed by atoms with Gasteiger partial charge in [-0.25, -0.2) is 0 Å². The highest BCUT2D eigenvalue weighted by molar-refractivity contribution is 7.13. The topological polar surface area (TPSA) is 26.0 Å². The van der Waals surface area contributed by atoms with Crippen LogP contribution in [0.1, 0.15) is 5.56 Å². The van der Waals surface area contributed by atoms with Gasteiger partial charge in [0.1, 0.15) is 0 Å². The molecule has 0 saturated heterocycles. The first-order valence-electron chi connectivity index (χ1n) is 4.33. The molecule has 0 bridgehead atoms. The van der Waals surface area contributed by atoms with Gasteiger partial charge in [0, 0.05) is 16.4 Å². The zero-order valence-electron chi connectivity index (χ0n) is 7.53. The van der Waals surface area contributed by atoms with E-state index in [-0.39, 0.29) is 0 Å². The summed E-state index contributed by atoms with van der Waals surface area (Å²) < 4.78 is 0. The molecule has 1 aromatic carbocycles. The molecule has 2 rings (SSSR count). The van der Waals surface area contributed by atoms with Crippen LogP contribution >= 0.6 is 22.9 Å². The van der Waals surface area contributed by atoms with Gasteiger partial charge in [0.2, 0.25) is 0 Å². The number of hydrogen-bond donors (Lipinski definition) is 1. The van der Waals surface area contributed by atoms with Gasteiger partial charge >= 0.3 is 0 Å². The Bertz CT molecular complexity index is 423. The summed E-state index contributed by atoms with van der Waals surface area (Å²) in [6.07, 6.45) is 0. The molecule has 2 N–H and O–H groups in total. The maximum Gasteiger partial charge on any atom is 0.0412 e. The van der Waals surface area contributed by atoms with Crippen molar-refractivity contribution >= 4 is 22.9 Å². The Morgan fingerprint density at radius 1 is 1.29 bits per heavy atom. The number of nitrogens with two attached hydrogens (primary N) is 1. The molecular weight excluding hydrogens is 214 g/mol. The van der Waals surface area contributed by atoms with E-state index in [4.69, 9.17) is 17.3 Å². The van der Waals surface area contributed by atoms with Gasteiger partial charge in [-0.3, -0.25) is 0 Å². The largest absolute Gasteiger partial charge is 0.326 e. The summed E-state index contributed by atoms with van der Waals surface area (Å²) >= 11 is 7.65. The molecule has 0 aliphatic heterocycles. The molecule has 0 aliphatic rings. The number of benzene rings is 1. The summed E-state index contributed by atoms with van der Waals surface area (Å²) in [7, 11) is 0. The van der Waals surface area contributed by atoms with Gasteiger partial charge < -0.3 is 5.73 Å². The van der Waals surface area contributed by atoms with Crippen LogP contribution in [0.4, 0.5) is 0 Å². The van der Waals surface area contributed by atoms with E-state index in [0.717, 1.165) is 16.1 Å². The van der Waals surface area contributed by atoms with Gasteiger partial charge in [-0.2, -0.15) is 0 Å². The smallest absolute Gasteiger partial charge is 0.0412 e. The monoisotopic (exact) mass is 223 g/mol. The summed E-state index contributed by atoms with van der Waals surface area (Å²) in [5.74, 6) is 0. The van der Waals surface area contributed by atoms with Crippen LogP contribution in [-0.4, -0.2) is 0 Å². The Hall–Kier alpha value is -0.830. The lowest BCUT2D eigenvalue weighted by molar-refractivity contribution is 1.08. The zero-order chi connectivity index (χ0) is 9.97. The molecule has 2 aromatic rings. The molecule has 0 amide bonds. The number of hydrogen-bond acceptors (Lipinski definition) is 2. The Kier molecular flexibility index (Phi) is 2.87. The van der Waals surface area contributed by atoms with Gasteiger partial charge in [0.05, 0.1) is 0 Å². The summed E-state index contributed by atoms with van der Waals surface area (Å²) in [6.45, 7) is 0.546. The molecule has 1 nitrogen and oxygen atoms in total. The van der Waals surface area contributed by atoms with Crippen LogP contribution in [-0.2, 0) is 6.54 Å². The molecule has 1 aromatic heterocycles. The lowest BCUT2D eigenvalue weighted by atomic mass is 10.1.